The van der Waals surface area contributed by atoms with Crippen LogP contribution in [0.3, 0.4) is 0 Å². The number of methoxy groups -OCH3 is 1. The number of hydrogen-bond acceptors (Lipinski definition) is 3. The minimum atomic E-state index is -0.167. The summed E-state index contributed by atoms with van der Waals surface area (Å²) in [5.74, 6) is 0. The molecule has 2 heterocycles. The van der Waals surface area contributed by atoms with Crippen molar-refractivity contribution >= 4 is 0 Å². The summed E-state index contributed by atoms with van der Waals surface area (Å²) >= 11 is 0. The summed E-state index contributed by atoms with van der Waals surface area (Å²) < 4.78 is 15.7. The maximum absolute atomic E-state index is 5.37. The number of rotatable bonds is 1. The van der Waals surface area contributed by atoms with E-state index in [0.29, 0.717) is 6.61 Å². The Kier molecular flexibility index (Phi) is 1.48. The van der Waals surface area contributed by atoms with E-state index >= 15 is 0 Å². The fourth-order valence-electron chi connectivity index (χ4n) is 1.23. The monoisotopic (exact) mass is 142 g/mol. The highest BCUT2D eigenvalue weighted by atomic mass is 16.7. The average molecular weight is 142 g/mol. The van der Waals surface area contributed by atoms with E-state index in [1.54, 1.807) is 7.11 Å². The van der Waals surface area contributed by atoms with Gasteiger partial charge in [0.15, 0.2) is 6.29 Å². The quantitative estimate of drug-likeness (QED) is 0.493. The van der Waals surface area contributed by atoms with Crippen LogP contribution in [-0.4, -0.2) is 32.2 Å². The Morgan fingerprint density at radius 3 is 3.20 bits per heavy atom. The van der Waals surface area contributed by atoms with Crippen molar-refractivity contribution in [3.63, 3.8) is 0 Å². The molecular formula is C7H10O3. The molecule has 2 aliphatic rings. The molecule has 3 unspecified atom stereocenters. The van der Waals surface area contributed by atoms with Crippen LogP contribution in [0.25, 0.3) is 0 Å². The summed E-state index contributed by atoms with van der Waals surface area (Å²) in [7, 11) is 1.65. The Labute approximate surface area is 59.6 Å². The van der Waals surface area contributed by atoms with Crippen LogP contribution in [0.4, 0.5) is 0 Å². The maximum atomic E-state index is 5.37. The van der Waals surface area contributed by atoms with E-state index in [0.717, 1.165) is 0 Å². The molecule has 0 aromatic rings. The smallest absolute Gasteiger partial charge is 0.188 e. The van der Waals surface area contributed by atoms with Crippen LogP contribution in [0.15, 0.2) is 12.2 Å². The van der Waals surface area contributed by atoms with Crippen LogP contribution in [0.1, 0.15) is 0 Å². The SMILES string of the molecule is COC1C=CC2COC1O2. The van der Waals surface area contributed by atoms with Gasteiger partial charge in [0.25, 0.3) is 0 Å². The number of ether oxygens (including phenoxy) is 3. The Morgan fingerprint density at radius 2 is 2.40 bits per heavy atom. The largest absolute Gasteiger partial charge is 0.372 e. The molecule has 1 fully saturated rings. The van der Waals surface area contributed by atoms with Crippen molar-refractivity contribution in [2.24, 2.45) is 0 Å². The minimum absolute atomic E-state index is 0.0150. The van der Waals surface area contributed by atoms with Gasteiger partial charge < -0.3 is 14.2 Å². The van der Waals surface area contributed by atoms with Crippen molar-refractivity contribution in [2.75, 3.05) is 13.7 Å². The minimum Gasteiger partial charge on any atom is -0.372 e. The van der Waals surface area contributed by atoms with Crippen LogP contribution in [0, 0.1) is 0 Å². The van der Waals surface area contributed by atoms with Gasteiger partial charge in [-0.2, -0.15) is 0 Å². The van der Waals surface area contributed by atoms with Crippen molar-refractivity contribution in [3.05, 3.63) is 12.2 Å². The van der Waals surface area contributed by atoms with Crippen LogP contribution < -0.4 is 0 Å². The second-order valence-corrected chi connectivity index (χ2v) is 2.46. The molecule has 3 heteroatoms. The molecule has 0 spiro atoms. The predicted molar refractivity (Wildman–Crippen MR) is 34.5 cm³/mol. The third kappa shape index (κ3) is 0.868. The molecule has 0 aromatic heterocycles. The fourth-order valence-corrected chi connectivity index (χ4v) is 1.23. The summed E-state index contributed by atoms with van der Waals surface area (Å²) in [4.78, 5) is 0. The molecule has 3 nitrogen and oxygen atoms in total. The Balaban J connectivity index is 2.11. The van der Waals surface area contributed by atoms with Crippen LogP contribution >= 0.6 is 0 Å². The third-order valence-corrected chi connectivity index (χ3v) is 1.79. The van der Waals surface area contributed by atoms with E-state index in [1.165, 1.54) is 0 Å². The first-order chi connectivity index (χ1) is 4.90. The number of fused-ring (bicyclic) bond motifs is 2. The number of hydrogen-bond donors (Lipinski definition) is 0. The molecule has 1 saturated heterocycles. The lowest BCUT2D eigenvalue weighted by molar-refractivity contribution is -0.126. The predicted octanol–water partition coefficient (Wildman–Crippen LogP) is 0.313. The molecular weight excluding hydrogens is 132 g/mol. The van der Waals surface area contributed by atoms with Crippen molar-refractivity contribution in [1.29, 1.82) is 0 Å². The standard InChI is InChI=1S/C7H10O3/c1-8-6-3-2-5-4-9-7(6)10-5/h2-3,5-7H,4H2,1H3. The summed E-state index contributed by atoms with van der Waals surface area (Å²) in [5, 5.41) is 0. The third-order valence-electron chi connectivity index (χ3n) is 1.79. The van der Waals surface area contributed by atoms with Gasteiger partial charge in [-0.25, -0.2) is 0 Å². The van der Waals surface area contributed by atoms with E-state index in [4.69, 9.17) is 14.2 Å². The van der Waals surface area contributed by atoms with Gasteiger partial charge in [0.05, 0.1) is 6.61 Å². The zero-order valence-corrected chi connectivity index (χ0v) is 5.82. The highest BCUT2D eigenvalue weighted by molar-refractivity contribution is 5.03. The summed E-state index contributed by atoms with van der Waals surface area (Å²) in [6.45, 7) is 0.668. The fraction of sp³-hybridized carbons (Fsp3) is 0.714. The second kappa shape index (κ2) is 2.34. The first kappa shape index (κ1) is 6.34. The average Bonchev–Trinajstić information content (AvgIpc) is 2.34. The molecule has 0 amide bonds. The highest BCUT2D eigenvalue weighted by Gasteiger charge is 2.33. The molecule has 2 aliphatic heterocycles. The molecule has 0 radical (unpaired) electrons. The zero-order chi connectivity index (χ0) is 6.97. The van der Waals surface area contributed by atoms with Crippen molar-refractivity contribution in [1.82, 2.24) is 0 Å². The summed E-state index contributed by atoms with van der Waals surface area (Å²) in [6.07, 6.45) is 3.96. The van der Waals surface area contributed by atoms with E-state index in [1.807, 2.05) is 12.2 Å². The van der Waals surface area contributed by atoms with Crippen molar-refractivity contribution < 1.29 is 14.2 Å². The van der Waals surface area contributed by atoms with Gasteiger partial charge in [0.1, 0.15) is 12.2 Å². The van der Waals surface area contributed by atoms with Gasteiger partial charge in [-0.3, -0.25) is 0 Å². The van der Waals surface area contributed by atoms with E-state index < -0.39 is 0 Å². The molecule has 2 bridgehead atoms. The molecule has 10 heavy (non-hydrogen) atoms. The Bertz CT molecular complexity index is 155. The topological polar surface area (TPSA) is 27.7 Å². The van der Waals surface area contributed by atoms with Gasteiger partial charge in [0, 0.05) is 7.11 Å². The first-order valence-electron chi connectivity index (χ1n) is 3.38. The van der Waals surface area contributed by atoms with Crippen LogP contribution in [0.5, 0.6) is 0 Å². The van der Waals surface area contributed by atoms with Crippen LogP contribution in [-0.2, 0) is 14.2 Å². The lowest BCUT2D eigenvalue weighted by atomic mass is 10.2. The lowest BCUT2D eigenvalue weighted by Crippen LogP contribution is -2.30. The summed E-state index contributed by atoms with van der Waals surface area (Å²) in [5.41, 5.74) is 0. The molecule has 0 aromatic carbocycles. The van der Waals surface area contributed by atoms with Gasteiger partial charge in [-0.15, -0.1) is 0 Å². The molecule has 2 rings (SSSR count). The second-order valence-electron chi connectivity index (χ2n) is 2.46. The van der Waals surface area contributed by atoms with E-state index in [9.17, 15) is 0 Å². The molecule has 3 atom stereocenters. The van der Waals surface area contributed by atoms with Gasteiger partial charge in [-0.05, 0) is 0 Å². The highest BCUT2D eigenvalue weighted by Crippen LogP contribution is 2.22. The van der Waals surface area contributed by atoms with Gasteiger partial charge >= 0.3 is 0 Å². The first-order valence-corrected chi connectivity index (χ1v) is 3.38. The molecule has 0 N–H and O–H groups in total. The van der Waals surface area contributed by atoms with Crippen LogP contribution in [0.2, 0.25) is 0 Å². The lowest BCUT2D eigenvalue weighted by Gasteiger charge is -2.20. The molecule has 0 saturated carbocycles. The normalized spacial score (nSPS) is 44.3. The maximum Gasteiger partial charge on any atom is 0.188 e. The van der Waals surface area contributed by atoms with E-state index in [2.05, 4.69) is 0 Å². The zero-order valence-electron chi connectivity index (χ0n) is 5.82. The van der Waals surface area contributed by atoms with Gasteiger partial charge in [-0.1, -0.05) is 12.2 Å². The van der Waals surface area contributed by atoms with Crippen molar-refractivity contribution in [3.8, 4) is 0 Å². The van der Waals surface area contributed by atoms with E-state index in [-0.39, 0.29) is 18.5 Å². The van der Waals surface area contributed by atoms with Gasteiger partial charge in [0.2, 0.25) is 0 Å². The Morgan fingerprint density at radius 1 is 1.50 bits per heavy atom. The molecule has 56 valence electrons. The Hall–Kier alpha value is -0.380. The molecule has 0 aliphatic carbocycles. The van der Waals surface area contributed by atoms with Crippen molar-refractivity contribution in [2.45, 2.75) is 18.5 Å². The summed E-state index contributed by atoms with van der Waals surface area (Å²) in [6, 6.07) is 0.